The Morgan fingerprint density at radius 1 is 1.41 bits per heavy atom. The average molecular weight is 228 g/mol. The van der Waals surface area contributed by atoms with Crippen LogP contribution in [0.3, 0.4) is 0 Å². The number of fused-ring (bicyclic) bond motifs is 1. The fourth-order valence-corrected chi connectivity index (χ4v) is 1.77. The van der Waals surface area contributed by atoms with Gasteiger partial charge in [0, 0.05) is 5.56 Å². The molecule has 4 nitrogen and oxygen atoms in total. The van der Waals surface area contributed by atoms with Gasteiger partial charge in [0.15, 0.2) is 0 Å². The summed E-state index contributed by atoms with van der Waals surface area (Å²) in [4.78, 5) is 23.2. The normalized spacial score (nSPS) is 14.1. The standard InChI is InChI=1S/C13H12N2O2/c1-3-8-5-9(4-2)12-10(6-8)13(17)14-7-11(16)15-12/h2,5-6H,3,7H2,1H3,(H,14,17)(H,15,16). The third-order valence-corrected chi connectivity index (χ3v) is 2.68. The fraction of sp³-hybridized carbons (Fsp3) is 0.231. The quantitative estimate of drug-likeness (QED) is 0.702. The SMILES string of the molecule is C#Cc1cc(CC)cc2c1NC(=O)CNC2=O. The van der Waals surface area contributed by atoms with Crippen molar-refractivity contribution < 1.29 is 9.59 Å². The van der Waals surface area contributed by atoms with Gasteiger partial charge in [-0.05, 0) is 24.1 Å². The molecule has 0 spiro atoms. The van der Waals surface area contributed by atoms with Crippen LogP contribution >= 0.6 is 0 Å². The maximum Gasteiger partial charge on any atom is 0.253 e. The number of carbonyl (C=O) groups is 2. The largest absolute Gasteiger partial charge is 0.343 e. The molecule has 0 unspecified atom stereocenters. The number of hydrogen-bond acceptors (Lipinski definition) is 2. The van der Waals surface area contributed by atoms with Crippen LogP contribution in [0, 0.1) is 12.3 Å². The number of amides is 2. The van der Waals surface area contributed by atoms with Crippen LogP contribution < -0.4 is 10.6 Å². The molecule has 1 aliphatic heterocycles. The highest BCUT2D eigenvalue weighted by Crippen LogP contribution is 2.24. The van der Waals surface area contributed by atoms with E-state index in [9.17, 15) is 9.59 Å². The van der Waals surface area contributed by atoms with Crippen LogP contribution in [0.1, 0.15) is 28.4 Å². The van der Waals surface area contributed by atoms with Gasteiger partial charge in [-0.1, -0.05) is 12.8 Å². The van der Waals surface area contributed by atoms with E-state index in [-0.39, 0.29) is 18.4 Å². The molecular weight excluding hydrogens is 216 g/mol. The predicted molar refractivity (Wildman–Crippen MR) is 64.7 cm³/mol. The number of benzene rings is 1. The molecule has 0 fully saturated rings. The highest BCUT2D eigenvalue weighted by atomic mass is 16.2. The molecule has 4 heteroatoms. The molecule has 86 valence electrons. The highest BCUT2D eigenvalue weighted by Gasteiger charge is 2.21. The van der Waals surface area contributed by atoms with Crippen molar-refractivity contribution in [3.8, 4) is 12.3 Å². The van der Waals surface area contributed by atoms with Crippen LogP contribution in [0.5, 0.6) is 0 Å². The minimum atomic E-state index is -0.273. The second kappa shape index (κ2) is 4.30. The van der Waals surface area contributed by atoms with Crippen molar-refractivity contribution >= 4 is 17.5 Å². The Morgan fingerprint density at radius 3 is 2.82 bits per heavy atom. The molecule has 1 aromatic rings. The van der Waals surface area contributed by atoms with Gasteiger partial charge in [-0.15, -0.1) is 6.42 Å². The number of nitrogens with one attached hydrogen (secondary N) is 2. The fourth-order valence-electron chi connectivity index (χ4n) is 1.77. The van der Waals surface area contributed by atoms with Crippen molar-refractivity contribution in [1.82, 2.24) is 5.32 Å². The molecule has 0 bridgehead atoms. The number of carbonyl (C=O) groups excluding carboxylic acids is 2. The Kier molecular flexibility index (Phi) is 2.84. The summed E-state index contributed by atoms with van der Waals surface area (Å²) in [5.41, 5.74) is 2.39. The van der Waals surface area contributed by atoms with Gasteiger partial charge >= 0.3 is 0 Å². The molecule has 0 aliphatic carbocycles. The first-order valence-electron chi connectivity index (χ1n) is 5.37. The second-order valence-electron chi connectivity index (χ2n) is 3.79. The summed E-state index contributed by atoms with van der Waals surface area (Å²) in [5.74, 6) is 1.97. The van der Waals surface area contributed by atoms with E-state index in [4.69, 9.17) is 6.42 Å². The van der Waals surface area contributed by atoms with E-state index in [2.05, 4.69) is 16.6 Å². The lowest BCUT2D eigenvalue weighted by molar-refractivity contribution is -0.115. The minimum absolute atomic E-state index is 0.0288. The van der Waals surface area contributed by atoms with E-state index in [1.54, 1.807) is 6.07 Å². The van der Waals surface area contributed by atoms with Gasteiger partial charge in [-0.2, -0.15) is 0 Å². The summed E-state index contributed by atoms with van der Waals surface area (Å²) in [7, 11) is 0. The number of aryl methyl sites for hydroxylation is 1. The van der Waals surface area contributed by atoms with Crippen LogP contribution in [-0.2, 0) is 11.2 Å². The van der Waals surface area contributed by atoms with Crippen molar-refractivity contribution in [2.75, 3.05) is 11.9 Å². The van der Waals surface area contributed by atoms with Crippen LogP contribution in [-0.4, -0.2) is 18.4 Å². The molecule has 0 aromatic heterocycles. The monoisotopic (exact) mass is 228 g/mol. The zero-order chi connectivity index (χ0) is 12.4. The number of hydrogen-bond donors (Lipinski definition) is 2. The summed E-state index contributed by atoms with van der Waals surface area (Å²) in [6.07, 6.45) is 6.19. The van der Waals surface area contributed by atoms with Crippen molar-refractivity contribution in [3.63, 3.8) is 0 Å². The van der Waals surface area contributed by atoms with Gasteiger partial charge in [-0.3, -0.25) is 9.59 Å². The molecule has 17 heavy (non-hydrogen) atoms. The summed E-state index contributed by atoms with van der Waals surface area (Å²) in [6.45, 7) is 1.95. The molecular formula is C13H12N2O2. The lowest BCUT2D eigenvalue weighted by atomic mass is 10.0. The van der Waals surface area contributed by atoms with Crippen molar-refractivity contribution in [1.29, 1.82) is 0 Å². The topological polar surface area (TPSA) is 58.2 Å². The van der Waals surface area contributed by atoms with Gasteiger partial charge in [0.1, 0.15) is 0 Å². The van der Waals surface area contributed by atoms with Crippen LogP contribution in [0.25, 0.3) is 0 Å². The molecule has 0 radical (unpaired) electrons. The van der Waals surface area contributed by atoms with Gasteiger partial charge in [0.25, 0.3) is 5.91 Å². The lowest BCUT2D eigenvalue weighted by Gasteiger charge is -2.10. The van der Waals surface area contributed by atoms with E-state index >= 15 is 0 Å². The first kappa shape index (κ1) is 11.2. The van der Waals surface area contributed by atoms with E-state index in [0.717, 1.165) is 12.0 Å². The van der Waals surface area contributed by atoms with Crippen LogP contribution in [0.2, 0.25) is 0 Å². The first-order valence-corrected chi connectivity index (χ1v) is 5.37. The molecule has 1 aromatic carbocycles. The van der Waals surface area contributed by atoms with Gasteiger partial charge < -0.3 is 10.6 Å². The molecule has 2 N–H and O–H groups in total. The Hall–Kier alpha value is -2.28. The van der Waals surface area contributed by atoms with E-state index < -0.39 is 0 Å². The Balaban J connectivity index is 2.66. The van der Waals surface area contributed by atoms with Gasteiger partial charge in [-0.25, -0.2) is 0 Å². The Labute approximate surface area is 99.4 Å². The molecule has 1 aliphatic rings. The molecule has 1 heterocycles. The zero-order valence-corrected chi connectivity index (χ0v) is 9.46. The molecule has 0 atom stereocenters. The molecule has 2 rings (SSSR count). The van der Waals surface area contributed by atoms with Crippen molar-refractivity contribution in [2.24, 2.45) is 0 Å². The Bertz CT molecular complexity index is 541. The number of anilines is 1. The third-order valence-electron chi connectivity index (χ3n) is 2.68. The number of terminal acetylenes is 1. The highest BCUT2D eigenvalue weighted by molar-refractivity contribution is 6.09. The Morgan fingerprint density at radius 2 is 2.18 bits per heavy atom. The van der Waals surface area contributed by atoms with Crippen LogP contribution in [0.4, 0.5) is 5.69 Å². The molecule has 0 saturated carbocycles. The van der Waals surface area contributed by atoms with Crippen LogP contribution in [0.15, 0.2) is 12.1 Å². The van der Waals surface area contributed by atoms with Crippen molar-refractivity contribution in [3.05, 3.63) is 28.8 Å². The van der Waals surface area contributed by atoms with Gasteiger partial charge in [0.2, 0.25) is 5.91 Å². The lowest BCUT2D eigenvalue weighted by Crippen LogP contribution is -2.28. The van der Waals surface area contributed by atoms with Crippen molar-refractivity contribution in [2.45, 2.75) is 13.3 Å². The predicted octanol–water partition coefficient (Wildman–Crippen LogP) is 0.912. The molecule has 2 amide bonds. The zero-order valence-electron chi connectivity index (χ0n) is 9.46. The third kappa shape index (κ3) is 2.00. The maximum atomic E-state index is 11.8. The summed E-state index contributed by atoms with van der Waals surface area (Å²) in [5, 5.41) is 5.19. The second-order valence-corrected chi connectivity index (χ2v) is 3.79. The summed E-state index contributed by atoms with van der Waals surface area (Å²) < 4.78 is 0. The van der Waals surface area contributed by atoms with E-state index in [1.807, 2.05) is 13.0 Å². The number of rotatable bonds is 1. The van der Waals surface area contributed by atoms with Gasteiger partial charge in [0.05, 0.1) is 17.8 Å². The summed E-state index contributed by atoms with van der Waals surface area (Å²) in [6, 6.07) is 3.58. The molecule has 0 saturated heterocycles. The first-order chi connectivity index (χ1) is 8.15. The van der Waals surface area contributed by atoms with E-state index in [1.165, 1.54) is 0 Å². The van der Waals surface area contributed by atoms with E-state index in [0.29, 0.717) is 16.8 Å². The smallest absolute Gasteiger partial charge is 0.253 e. The average Bonchev–Trinajstić information content (AvgIpc) is 2.48. The minimum Gasteiger partial charge on any atom is -0.343 e. The maximum absolute atomic E-state index is 11.8. The summed E-state index contributed by atoms with van der Waals surface area (Å²) >= 11 is 0.